The van der Waals surface area contributed by atoms with Gasteiger partial charge in [-0.25, -0.2) is 9.18 Å². The molecule has 1 saturated heterocycles. The van der Waals surface area contributed by atoms with Crippen molar-refractivity contribution in [1.29, 1.82) is 0 Å². The lowest BCUT2D eigenvalue weighted by molar-refractivity contribution is -0.124. The van der Waals surface area contributed by atoms with Gasteiger partial charge in [-0.1, -0.05) is 20.8 Å². The highest BCUT2D eigenvalue weighted by molar-refractivity contribution is 5.95. The minimum Gasteiger partial charge on any atom is -0.477 e. The number of carboxylic acid groups (broad SMARTS) is 1. The number of aromatic carboxylic acids is 1. The summed E-state index contributed by atoms with van der Waals surface area (Å²) in [6, 6.07) is 0.342. The van der Waals surface area contributed by atoms with Gasteiger partial charge in [0.25, 0.3) is 0 Å². The van der Waals surface area contributed by atoms with Crippen molar-refractivity contribution in [1.82, 2.24) is 9.99 Å². The second kappa shape index (κ2) is 8.33. The van der Waals surface area contributed by atoms with E-state index in [9.17, 15) is 19.5 Å². The Balaban J connectivity index is 1.76. The van der Waals surface area contributed by atoms with E-state index in [1.54, 1.807) is 11.7 Å². The van der Waals surface area contributed by atoms with Gasteiger partial charge in [-0.05, 0) is 24.3 Å². The summed E-state index contributed by atoms with van der Waals surface area (Å²) in [6.45, 7) is 7.25. The second-order valence-electron chi connectivity index (χ2n) is 9.50. The topological polar surface area (TPSA) is 121 Å². The Morgan fingerprint density at radius 3 is 2.64 bits per heavy atom. The molecule has 10 heteroatoms. The molecule has 2 aromatic rings. The van der Waals surface area contributed by atoms with Crippen LogP contribution in [0.1, 0.15) is 36.7 Å². The van der Waals surface area contributed by atoms with Crippen LogP contribution in [-0.2, 0) is 11.2 Å². The van der Waals surface area contributed by atoms with E-state index < -0.39 is 28.8 Å². The van der Waals surface area contributed by atoms with Gasteiger partial charge in [-0.15, -0.1) is 0 Å². The Morgan fingerprint density at radius 1 is 1.30 bits per heavy atom. The molecule has 4 N–H and O–H groups in total. The highest BCUT2D eigenvalue weighted by Gasteiger charge is 2.36. The van der Waals surface area contributed by atoms with Gasteiger partial charge in [0, 0.05) is 38.4 Å². The van der Waals surface area contributed by atoms with Gasteiger partial charge in [0.15, 0.2) is 0 Å². The van der Waals surface area contributed by atoms with Crippen LogP contribution in [0.5, 0.6) is 0 Å². The molecule has 3 atom stereocenters. The van der Waals surface area contributed by atoms with Gasteiger partial charge in [-0.3, -0.25) is 14.3 Å². The van der Waals surface area contributed by atoms with E-state index in [2.05, 4.69) is 5.32 Å². The van der Waals surface area contributed by atoms with E-state index in [0.29, 0.717) is 42.8 Å². The average Bonchev–Trinajstić information content (AvgIpc) is 3.10. The van der Waals surface area contributed by atoms with E-state index in [1.807, 2.05) is 30.7 Å². The number of halogens is 1. The zero-order chi connectivity index (χ0) is 24.2. The van der Waals surface area contributed by atoms with Crippen LogP contribution in [0, 0.1) is 17.7 Å². The molecule has 0 saturated carbocycles. The van der Waals surface area contributed by atoms with E-state index in [1.165, 1.54) is 6.20 Å². The number of hydrogen-bond donors (Lipinski definition) is 3. The highest BCUT2D eigenvalue weighted by atomic mass is 19.1. The fourth-order valence-corrected chi connectivity index (χ4v) is 4.81. The molecule has 0 spiro atoms. The number of rotatable bonds is 5. The van der Waals surface area contributed by atoms with E-state index in [0.717, 1.165) is 6.07 Å². The quantitative estimate of drug-likeness (QED) is 0.607. The minimum absolute atomic E-state index is 0.00428. The van der Waals surface area contributed by atoms with Crippen LogP contribution in [0.15, 0.2) is 17.1 Å². The molecule has 1 aromatic carbocycles. The number of nitrogens with zero attached hydrogens (tertiary/aromatic N) is 3. The molecule has 0 aliphatic carbocycles. The maximum atomic E-state index is 15.5. The van der Waals surface area contributed by atoms with Gasteiger partial charge in [0.1, 0.15) is 11.4 Å². The van der Waals surface area contributed by atoms with Crippen molar-refractivity contribution in [3.05, 3.63) is 39.4 Å². The van der Waals surface area contributed by atoms with Crippen molar-refractivity contribution in [2.45, 2.75) is 39.3 Å². The predicted octanol–water partition coefficient (Wildman–Crippen LogP) is 0.887. The number of pyridine rings is 1. The molecule has 1 amide bonds. The molecule has 178 valence electrons. The van der Waals surface area contributed by atoms with Crippen molar-refractivity contribution in [3.63, 3.8) is 0 Å². The first-order chi connectivity index (χ1) is 15.5. The number of likely N-dealkylation sites (N-methyl/N-ethyl adjacent to an activating group) is 1. The van der Waals surface area contributed by atoms with Crippen LogP contribution in [0.4, 0.5) is 10.1 Å². The highest BCUT2D eigenvalue weighted by Crippen LogP contribution is 2.36. The van der Waals surface area contributed by atoms with Crippen LogP contribution in [0.3, 0.4) is 0 Å². The molecule has 2 aliphatic rings. The number of carbonyl (C=O) groups is 2. The van der Waals surface area contributed by atoms with Crippen LogP contribution >= 0.6 is 0 Å². The fraction of sp³-hybridized carbons (Fsp3) is 0.522. The summed E-state index contributed by atoms with van der Waals surface area (Å²) in [4.78, 5) is 38.8. The van der Waals surface area contributed by atoms with Crippen LogP contribution in [-0.4, -0.2) is 60.4 Å². The Labute approximate surface area is 190 Å². The van der Waals surface area contributed by atoms with Gasteiger partial charge in [0.2, 0.25) is 11.3 Å². The fourth-order valence-electron chi connectivity index (χ4n) is 4.81. The summed E-state index contributed by atoms with van der Waals surface area (Å²) in [7, 11) is 1.79. The van der Waals surface area contributed by atoms with Gasteiger partial charge in [0.05, 0.1) is 28.7 Å². The molecule has 9 nitrogen and oxygen atoms in total. The first kappa shape index (κ1) is 23.0. The maximum Gasteiger partial charge on any atom is 0.341 e. The summed E-state index contributed by atoms with van der Waals surface area (Å²) < 4.78 is 17.1. The number of amides is 1. The van der Waals surface area contributed by atoms with Crippen molar-refractivity contribution in [2.24, 2.45) is 17.6 Å². The zero-order valence-electron chi connectivity index (χ0n) is 19.3. The lowest BCUT2D eigenvalue weighted by Gasteiger charge is -2.33. The third-order valence-electron chi connectivity index (χ3n) is 6.85. The number of carbonyl (C=O) groups excluding carboxylic acids is 1. The lowest BCUT2D eigenvalue weighted by atomic mass is 9.99. The normalized spacial score (nSPS) is 21.1. The number of nitrogens with one attached hydrogen (secondary N) is 1. The van der Waals surface area contributed by atoms with Crippen molar-refractivity contribution in [2.75, 3.05) is 36.6 Å². The predicted molar refractivity (Wildman–Crippen MR) is 124 cm³/mol. The molecule has 1 aromatic heterocycles. The number of anilines is 1. The number of carboxylic acids is 1. The minimum atomic E-state index is -1.35. The molecule has 0 bridgehead atoms. The SMILES string of the molecule is CC(C)C(N)C(=O)N[C@H]1CN(c2c(F)cc3c(=O)c(C(=O)O)cn4c3c2CCN4C)C[C@H]1C. The number of benzene rings is 1. The Hall–Kier alpha value is -3.14. The van der Waals surface area contributed by atoms with Crippen LogP contribution < -0.4 is 26.4 Å². The van der Waals surface area contributed by atoms with E-state index in [-0.39, 0.29) is 29.2 Å². The average molecular weight is 460 g/mol. The van der Waals surface area contributed by atoms with Gasteiger partial charge in [-0.2, -0.15) is 0 Å². The maximum absolute atomic E-state index is 15.5. The Bertz CT molecular complexity index is 1190. The first-order valence-corrected chi connectivity index (χ1v) is 11.2. The second-order valence-corrected chi connectivity index (χ2v) is 9.50. The lowest BCUT2D eigenvalue weighted by Crippen LogP contribution is -2.50. The Kier molecular flexibility index (Phi) is 5.81. The molecule has 1 unspecified atom stereocenters. The molecular weight excluding hydrogens is 429 g/mol. The van der Waals surface area contributed by atoms with Gasteiger partial charge < -0.3 is 26.1 Å². The standard InChI is InChI=1S/C23H30FN5O4/c1-11(2)18(25)22(31)26-17-10-28(8-12(17)3)20-13-5-6-27(4)29-9-15(23(32)33)21(30)14(19(13)29)7-16(20)24/h7,9,11-12,17-18H,5-6,8,10,25H2,1-4H3,(H,26,31)(H,32,33)/t12-,17+,18?/m1/s1. The first-order valence-electron chi connectivity index (χ1n) is 11.2. The van der Waals surface area contributed by atoms with Crippen LogP contribution in [0.25, 0.3) is 10.9 Å². The van der Waals surface area contributed by atoms with Gasteiger partial charge >= 0.3 is 5.97 Å². The third-order valence-corrected chi connectivity index (χ3v) is 6.85. The summed E-state index contributed by atoms with van der Waals surface area (Å²) in [5.74, 6) is -2.06. The molecule has 33 heavy (non-hydrogen) atoms. The molecular formula is C23H30FN5O4. The summed E-state index contributed by atoms with van der Waals surface area (Å²) in [6.07, 6.45) is 1.81. The van der Waals surface area contributed by atoms with E-state index in [4.69, 9.17) is 5.73 Å². The van der Waals surface area contributed by atoms with E-state index >= 15 is 4.39 Å². The smallest absolute Gasteiger partial charge is 0.341 e. The third kappa shape index (κ3) is 3.82. The van der Waals surface area contributed by atoms with Crippen molar-refractivity contribution in [3.8, 4) is 0 Å². The van der Waals surface area contributed by atoms with Crippen molar-refractivity contribution < 1.29 is 19.1 Å². The molecule has 3 heterocycles. The largest absolute Gasteiger partial charge is 0.477 e. The monoisotopic (exact) mass is 459 g/mol. The number of aromatic nitrogens is 1. The summed E-state index contributed by atoms with van der Waals surface area (Å²) in [5, 5.41) is 14.3. The number of nitrogens with two attached hydrogens (primary N) is 1. The molecule has 1 fully saturated rings. The summed E-state index contributed by atoms with van der Waals surface area (Å²) in [5.41, 5.74) is 6.50. The molecule has 4 rings (SSSR count). The number of hydrogen-bond acceptors (Lipinski definition) is 6. The molecule has 0 radical (unpaired) electrons. The Morgan fingerprint density at radius 2 is 2.00 bits per heavy atom. The zero-order valence-corrected chi connectivity index (χ0v) is 19.3. The molecule has 2 aliphatic heterocycles. The van der Waals surface area contributed by atoms with Crippen molar-refractivity contribution >= 4 is 28.5 Å². The van der Waals surface area contributed by atoms with Crippen LogP contribution in [0.2, 0.25) is 0 Å². The summed E-state index contributed by atoms with van der Waals surface area (Å²) >= 11 is 0.